The molecule has 0 aliphatic carbocycles. The van der Waals surface area contributed by atoms with Crippen molar-refractivity contribution in [2.24, 2.45) is 0 Å². The van der Waals surface area contributed by atoms with Gasteiger partial charge in [-0.25, -0.2) is 8.78 Å². The SMILES string of the molecule is Nc1ccc2[nH]c(-c3ccccc3F)cc2c1F. The second-order valence-electron chi connectivity index (χ2n) is 4.09. The largest absolute Gasteiger partial charge is 0.396 e. The van der Waals surface area contributed by atoms with Crippen molar-refractivity contribution in [1.82, 2.24) is 4.98 Å². The van der Waals surface area contributed by atoms with Gasteiger partial charge in [-0.15, -0.1) is 0 Å². The topological polar surface area (TPSA) is 41.8 Å². The molecule has 1 heterocycles. The summed E-state index contributed by atoms with van der Waals surface area (Å²) in [4.78, 5) is 2.99. The summed E-state index contributed by atoms with van der Waals surface area (Å²) < 4.78 is 27.4. The molecule has 2 aromatic carbocycles. The molecule has 0 spiro atoms. The Balaban J connectivity index is 2.26. The van der Waals surface area contributed by atoms with E-state index in [0.717, 1.165) is 0 Å². The quantitative estimate of drug-likeness (QED) is 0.630. The Morgan fingerprint density at radius 2 is 1.78 bits per heavy atom. The Bertz CT molecular complexity index is 732. The van der Waals surface area contributed by atoms with Crippen molar-refractivity contribution in [3.05, 3.63) is 54.1 Å². The van der Waals surface area contributed by atoms with Gasteiger partial charge >= 0.3 is 0 Å². The van der Waals surface area contributed by atoms with Crippen molar-refractivity contribution >= 4 is 16.6 Å². The number of hydrogen-bond acceptors (Lipinski definition) is 1. The number of rotatable bonds is 1. The summed E-state index contributed by atoms with van der Waals surface area (Å²) in [6, 6.07) is 11.1. The highest BCUT2D eigenvalue weighted by atomic mass is 19.1. The van der Waals surface area contributed by atoms with Crippen LogP contribution in [0.1, 0.15) is 0 Å². The van der Waals surface area contributed by atoms with Crippen molar-refractivity contribution in [1.29, 1.82) is 0 Å². The highest BCUT2D eigenvalue weighted by Crippen LogP contribution is 2.29. The van der Waals surface area contributed by atoms with E-state index in [2.05, 4.69) is 4.98 Å². The van der Waals surface area contributed by atoms with Gasteiger partial charge in [-0.1, -0.05) is 12.1 Å². The minimum Gasteiger partial charge on any atom is -0.396 e. The zero-order valence-corrected chi connectivity index (χ0v) is 9.37. The maximum atomic E-state index is 13.8. The van der Waals surface area contributed by atoms with Crippen LogP contribution < -0.4 is 5.73 Å². The van der Waals surface area contributed by atoms with Crippen LogP contribution in [0.2, 0.25) is 0 Å². The van der Waals surface area contributed by atoms with Crippen LogP contribution in [-0.4, -0.2) is 4.98 Å². The first-order valence-electron chi connectivity index (χ1n) is 5.48. The molecule has 0 aliphatic rings. The average molecular weight is 244 g/mol. The third kappa shape index (κ3) is 1.54. The van der Waals surface area contributed by atoms with E-state index in [4.69, 9.17) is 5.73 Å². The van der Waals surface area contributed by atoms with Gasteiger partial charge in [-0.3, -0.25) is 0 Å². The van der Waals surface area contributed by atoms with Crippen LogP contribution in [-0.2, 0) is 0 Å². The highest BCUT2D eigenvalue weighted by Gasteiger charge is 2.11. The molecule has 0 unspecified atom stereocenters. The molecule has 0 amide bonds. The molecule has 4 heteroatoms. The number of fused-ring (bicyclic) bond motifs is 1. The van der Waals surface area contributed by atoms with Gasteiger partial charge in [0.15, 0.2) is 5.82 Å². The van der Waals surface area contributed by atoms with E-state index in [1.165, 1.54) is 12.1 Å². The fraction of sp³-hybridized carbons (Fsp3) is 0. The van der Waals surface area contributed by atoms with Gasteiger partial charge in [-0.05, 0) is 30.3 Å². The number of nitrogens with one attached hydrogen (secondary N) is 1. The molecule has 90 valence electrons. The van der Waals surface area contributed by atoms with Gasteiger partial charge in [0.1, 0.15) is 5.82 Å². The van der Waals surface area contributed by atoms with Crippen molar-refractivity contribution < 1.29 is 8.78 Å². The van der Waals surface area contributed by atoms with Crippen LogP contribution in [0.3, 0.4) is 0 Å². The summed E-state index contributed by atoms with van der Waals surface area (Å²) >= 11 is 0. The summed E-state index contributed by atoms with van der Waals surface area (Å²) in [7, 11) is 0. The van der Waals surface area contributed by atoms with Crippen LogP contribution in [0.5, 0.6) is 0 Å². The molecule has 3 aromatic rings. The van der Waals surface area contributed by atoms with E-state index in [1.54, 1.807) is 30.3 Å². The van der Waals surface area contributed by atoms with Gasteiger partial charge in [-0.2, -0.15) is 0 Å². The number of H-pyrrole nitrogens is 1. The van der Waals surface area contributed by atoms with Gasteiger partial charge < -0.3 is 10.7 Å². The molecule has 3 N–H and O–H groups in total. The van der Waals surface area contributed by atoms with Crippen molar-refractivity contribution in [3.63, 3.8) is 0 Å². The first-order valence-corrected chi connectivity index (χ1v) is 5.48. The number of hydrogen-bond donors (Lipinski definition) is 2. The lowest BCUT2D eigenvalue weighted by Gasteiger charge is -1.98. The first kappa shape index (κ1) is 10.8. The molecule has 0 saturated heterocycles. The Hall–Kier alpha value is -2.36. The standard InChI is InChI=1S/C14H10F2N2/c15-10-4-2-1-3-8(10)13-7-9-12(18-13)6-5-11(17)14(9)16/h1-7,18H,17H2. The van der Waals surface area contributed by atoms with Crippen LogP contribution >= 0.6 is 0 Å². The van der Waals surface area contributed by atoms with E-state index in [-0.39, 0.29) is 11.5 Å². The van der Waals surface area contributed by atoms with Gasteiger partial charge in [0.2, 0.25) is 0 Å². The summed E-state index contributed by atoms with van der Waals surface area (Å²) in [5.74, 6) is -0.830. The first-order chi connectivity index (χ1) is 8.66. The minimum absolute atomic E-state index is 0.0848. The maximum absolute atomic E-state index is 13.8. The monoisotopic (exact) mass is 244 g/mol. The van der Waals surface area contributed by atoms with E-state index < -0.39 is 5.82 Å². The normalized spacial score (nSPS) is 11.0. The minimum atomic E-state index is -0.480. The Kier molecular flexibility index (Phi) is 2.30. The summed E-state index contributed by atoms with van der Waals surface area (Å²) in [5, 5.41) is 0.369. The summed E-state index contributed by atoms with van der Waals surface area (Å²) in [5.41, 5.74) is 7.13. The predicted molar refractivity (Wildman–Crippen MR) is 68.1 cm³/mol. The molecule has 0 aliphatic heterocycles. The van der Waals surface area contributed by atoms with Gasteiger partial charge in [0.05, 0.1) is 5.69 Å². The molecular weight excluding hydrogens is 234 g/mol. The van der Waals surface area contributed by atoms with Crippen molar-refractivity contribution in [2.75, 3.05) is 5.73 Å². The fourth-order valence-corrected chi connectivity index (χ4v) is 2.01. The third-order valence-electron chi connectivity index (χ3n) is 2.93. The summed E-state index contributed by atoms with van der Waals surface area (Å²) in [6.07, 6.45) is 0. The van der Waals surface area contributed by atoms with Crippen molar-refractivity contribution in [3.8, 4) is 11.3 Å². The van der Waals surface area contributed by atoms with Crippen LogP contribution in [0, 0.1) is 11.6 Å². The molecule has 0 atom stereocenters. The van der Waals surface area contributed by atoms with Crippen LogP contribution in [0.25, 0.3) is 22.2 Å². The number of halogens is 2. The van der Waals surface area contributed by atoms with E-state index in [0.29, 0.717) is 22.2 Å². The summed E-state index contributed by atoms with van der Waals surface area (Å²) in [6.45, 7) is 0. The Labute approximate surface area is 102 Å². The van der Waals surface area contributed by atoms with E-state index in [1.807, 2.05) is 0 Å². The molecule has 18 heavy (non-hydrogen) atoms. The third-order valence-corrected chi connectivity index (χ3v) is 2.93. The molecule has 0 saturated carbocycles. The molecule has 3 rings (SSSR count). The van der Waals surface area contributed by atoms with Gasteiger partial charge in [0, 0.05) is 22.2 Å². The van der Waals surface area contributed by atoms with Crippen LogP contribution in [0.4, 0.5) is 14.5 Å². The Morgan fingerprint density at radius 3 is 2.56 bits per heavy atom. The second-order valence-corrected chi connectivity index (χ2v) is 4.09. The number of benzene rings is 2. The Morgan fingerprint density at radius 1 is 1.00 bits per heavy atom. The molecule has 1 aromatic heterocycles. The predicted octanol–water partition coefficient (Wildman–Crippen LogP) is 3.70. The lowest BCUT2D eigenvalue weighted by molar-refractivity contribution is 0.631. The molecule has 0 bridgehead atoms. The highest BCUT2D eigenvalue weighted by molar-refractivity contribution is 5.88. The zero-order valence-electron chi connectivity index (χ0n) is 9.37. The van der Waals surface area contributed by atoms with Crippen molar-refractivity contribution in [2.45, 2.75) is 0 Å². The number of aromatic amines is 1. The lowest BCUT2D eigenvalue weighted by Crippen LogP contribution is -1.89. The van der Waals surface area contributed by atoms with Gasteiger partial charge in [0.25, 0.3) is 0 Å². The fourth-order valence-electron chi connectivity index (χ4n) is 2.01. The van der Waals surface area contributed by atoms with E-state index in [9.17, 15) is 8.78 Å². The smallest absolute Gasteiger partial charge is 0.155 e. The second kappa shape index (κ2) is 3.84. The number of nitrogens with two attached hydrogens (primary N) is 1. The maximum Gasteiger partial charge on any atom is 0.155 e. The molecular formula is C14H10F2N2. The molecule has 0 radical (unpaired) electrons. The van der Waals surface area contributed by atoms with Crippen LogP contribution in [0.15, 0.2) is 42.5 Å². The molecule has 2 nitrogen and oxygen atoms in total. The lowest BCUT2D eigenvalue weighted by atomic mass is 10.1. The number of aromatic nitrogens is 1. The number of nitrogen functional groups attached to an aromatic ring is 1. The number of anilines is 1. The average Bonchev–Trinajstić information content (AvgIpc) is 2.79. The zero-order chi connectivity index (χ0) is 12.7. The van der Waals surface area contributed by atoms with E-state index >= 15 is 0 Å². The molecule has 0 fully saturated rings.